The molecule has 1 rings (SSSR count). The van der Waals surface area contributed by atoms with E-state index in [0.29, 0.717) is 6.42 Å². The molecule has 0 aliphatic heterocycles. The molecule has 1 atom stereocenters. The van der Waals surface area contributed by atoms with E-state index in [1.807, 2.05) is 6.92 Å². The zero-order chi connectivity index (χ0) is 11.0. The van der Waals surface area contributed by atoms with Crippen molar-refractivity contribution in [3.8, 4) is 0 Å². The van der Waals surface area contributed by atoms with Gasteiger partial charge in [-0.15, -0.1) is 6.58 Å². The summed E-state index contributed by atoms with van der Waals surface area (Å²) < 4.78 is -1.18. The molecule has 3 heteroatoms. The van der Waals surface area contributed by atoms with Crippen molar-refractivity contribution in [2.24, 2.45) is 5.41 Å². The monoisotopic (exact) mass is 234 g/mol. The summed E-state index contributed by atoms with van der Waals surface area (Å²) in [4.78, 5) is 11.3. The maximum Gasteiger partial charge on any atom is 0.182 e. The Morgan fingerprint density at radius 3 is 2.43 bits per heavy atom. The maximum absolute atomic E-state index is 11.3. The number of allylic oxidation sites excluding steroid dienone is 1. The fourth-order valence-corrected chi connectivity index (χ4v) is 2.87. The molecular weight excluding hydrogens is 219 g/mol. The van der Waals surface area contributed by atoms with Crippen molar-refractivity contribution >= 4 is 29.0 Å². The predicted octanol–water partition coefficient (Wildman–Crippen LogP) is 3.89. The minimum atomic E-state index is -1.18. The Kier molecular flexibility index (Phi) is 3.33. The van der Waals surface area contributed by atoms with Crippen molar-refractivity contribution in [2.45, 2.75) is 43.9 Å². The zero-order valence-electron chi connectivity index (χ0n) is 8.70. The lowest BCUT2D eigenvalue weighted by Crippen LogP contribution is -2.57. The number of alkyl halides is 2. The maximum atomic E-state index is 11.3. The number of Topliss-reactive ketones (excluding diaryl/α,β-unsaturated/α-hetero) is 1. The second-order valence-corrected chi connectivity index (χ2v) is 5.67. The van der Waals surface area contributed by atoms with Crippen LogP contribution in [0.4, 0.5) is 0 Å². The van der Waals surface area contributed by atoms with Crippen molar-refractivity contribution in [1.82, 2.24) is 0 Å². The predicted molar refractivity (Wildman–Crippen MR) is 60.8 cm³/mol. The molecule has 0 aromatic heterocycles. The Hall–Kier alpha value is -0.0100. The van der Waals surface area contributed by atoms with Crippen LogP contribution in [-0.2, 0) is 4.79 Å². The van der Waals surface area contributed by atoms with E-state index in [0.717, 1.165) is 24.8 Å². The molecule has 1 aliphatic rings. The number of carbonyl (C=O) groups is 1. The minimum Gasteiger partial charge on any atom is -0.296 e. The van der Waals surface area contributed by atoms with Crippen molar-refractivity contribution in [1.29, 1.82) is 0 Å². The van der Waals surface area contributed by atoms with Gasteiger partial charge in [0.25, 0.3) is 0 Å². The summed E-state index contributed by atoms with van der Waals surface area (Å²) in [5.41, 5.74) is 0.782. The van der Waals surface area contributed by atoms with Gasteiger partial charge in [0.2, 0.25) is 0 Å². The summed E-state index contributed by atoms with van der Waals surface area (Å²) >= 11 is 12.2. The van der Waals surface area contributed by atoms with Gasteiger partial charge in [0.15, 0.2) is 10.1 Å². The van der Waals surface area contributed by atoms with Crippen LogP contribution in [0.25, 0.3) is 0 Å². The molecule has 14 heavy (non-hydrogen) atoms. The molecule has 0 amide bonds. The van der Waals surface area contributed by atoms with E-state index in [9.17, 15) is 4.79 Å². The highest BCUT2D eigenvalue weighted by molar-refractivity contribution is 6.61. The average Bonchev–Trinajstić information content (AvgIpc) is 2.03. The summed E-state index contributed by atoms with van der Waals surface area (Å²) in [6.07, 6.45) is 3.13. The van der Waals surface area contributed by atoms with E-state index in [1.54, 1.807) is 0 Å². The van der Waals surface area contributed by atoms with Gasteiger partial charge in [0.05, 0.1) is 0 Å². The summed E-state index contributed by atoms with van der Waals surface area (Å²) in [7, 11) is 0. The summed E-state index contributed by atoms with van der Waals surface area (Å²) in [5, 5.41) is 0. The van der Waals surface area contributed by atoms with Crippen molar-refractivity contribution in [2.75, 3.05) is 0 Å². The average molecular weight is 235 g/mol. The first-order valence-electron chi connectivity index (χ1n) is 4.91. The van der Waals surface area contributed by atoms with Gasteiger partial charge in [-0.25, -0.2) is 0 Å². The number of carbonyl (C=O) groups excluding carboxylic acids is 1. The van der Waals surface area contributed by atoms with Crippen LogP contribution in [0.2, 0.25) is 0 Å². The van der Waals surface area contributed by atoms with Gasteiger partial charge >= 0.3 is 0 Å². The lowest BCUT2D eigenvalue weighted by atomic mass is 9.61. The van der Waals surface area contributed by atoms with Gasteiger partial charge in [-0.1, -0.05) is 42.1 Å². The molecule has 0 N–H and O–H groups in total. The van der Waals surface area contributed by atoms with Crippen LogP contribution >= 0.6 is 23.2 Å². The highest BCUT2D eigenvalue weighted by Gasteiger charge is 2.63. The first-order chi connectivity index (χ1) is 6.35. The molecule has 0 bridgehead atoms. The largest absolute Gasteiger partial charge is 0.296 e. The topological polar surface area (TPSA) is 17.1 Å². The second-order valence-electron chi connectivity index (χ2n) is 4.34. The van der Waals surface area contributed by atoms with E-state index in [1.165, 1.54) is 0 Å². The molecule has 1 aliphatic carbocycles. The molecule has 0 spiro atoms. The van der Waals surface area contributed by atoms with E-state index in [2.05, 4.69) is 13.5 Å². The number of hydrogen-bond acceptors (Lipinski definition) is 1. The third-order valence-corrected chi connectivity index (χ3v) is 4.11. The van der Waals surface area contributed by atoms with E-state index < -0.39 is 4.33 Å². The number of hydrogen-bond donors (Lipinski definition) is 0. The Morgan fingerprint density at radius 2 is 2.14 bits per heavy atom. The van der Waals surface area contributed by atoms with Crippen LogP contribution < -0.4 is 0 Å². The molecule has 0 aromatic rings. The normalized spacial score (nSPS) is 29.9. The number of rotatable bonds is 4. The SMILES string of the molecule is C=C(C)CC1(CCC)CC(=O)C1(Cl)Cl. The Bertz CT molecular complexity index is 270. The fraction of sp³-hybridized carbons (Fsp3) is 0.727. The van der Waals surface area contributed by atoms with Gasteiger partial charge in [-0.2, -0.15) is 0 Å². The Morgan fingerprint density at radius 1 is 1.57 bits per heavy atom. The molecule has 1 nitrogen and oxygen atoms in total. The van der Waals surface area contributed by atoms with E-state index >= 15 is 0 Å². The van der Waals surface area contributed by atoms with Crippen LogP contribution in [-0.4, -0.2) is 10.1 Å². The Labute approximate surface area is 95.5 Å². The van der Waals surface area contributed by atoms with E-state index in [4.69, 9.17) is 23.2 Å². The van der Waals surface area contributed by atoms with Crippen molar-refractivity contribution in [3.63, 3.8) is 0 Å². The molecule has 0 aromatic carbocycles. The molecule has 1 unspecified atom stereocenters. The number of ketones is 1. The van der Waals surface area contributed by atoms with Gasteiger partial charge in [0, 0.05) is 11.8 Å². The number of halogens is 2. The first kappa shape index (κ1) is 12.1. The molecule has 0 saturated heterocycles. The highest BCUT2D eigenvalue weighted by Crippen LogP contribution is 2.60. The smallest absolute Gasteiger partial charge is 0.182 e. The zero-order valence-corrected chi connectivity index (χ0v) is 10.2. The fourth-order valence-electron chi connectivity index (χ4n) is 2.28. The second kappa shape index (κ2) is 3.86. The molecule has 1 saturated carbocycles. The quantitative estimate of drug-likeness (QED) is 0.533. The molecule has 80 valence electrons. The summed E-state index contributed by atoms with van der Waals surface area (Å²) in [5.74, 6) is -0.0458. The van der Waals surface area contributed by atoms with Crippen LogP contribution in [0.3, 0.4) is 0 Å². The molecule has 0 radical (unpaired) electrons. The van der Waals surface area contributed by atoms with Gasteiger partial charge in [-0.05, 0) is 19.8 Å². The van der Waals surface area contributed by atoms with Crippen LogP contribution in [0.5, 0.6) is 0 Å². The minimum absolute atomic E-state index is 0.0458. The van der Waals surface area contributed by atoms with Crippen molar-refractivity contribution in [3.05, 3.63) is 12.2 Å². The highest BCUT2D eigenvalue weighted by atomic mass is 35.5. The molecular formula is C11H16Cl2O. The lowest BCUT2D eigenvalue weighted by Gasteiger charge is -2.51. The van der Waals surface area contributed by atoms with Gasteiger partial charge < -0.3 is 0 Å². The van der Waals surface area contributed by atoms with Crippen LogP contribution in [0, 0.1) is 5.41 Å². The summed E-state index contributed by atoms with van der Waals surface area (Å²) in [6, 6.07) is 0. The van der Waals surface area contributed by atoms with Crippen LogP contribution in [0.15, 0.2) is 12.2 Å². The third-order valence-electron chi connectivity index (χ3n) is 2.88. The molecule has 0 heterocycles. The van der Waals surface area contributed by atoms with Gasteiger partial charge in [-0.3, -0.25) is 4.79 Å². The molecule has 1 fully saturated rings. The summed E-state index contributed by atoms with van der Waals surface area (Å²) in [6.45, 7) is 7.89. The van der Waals surface area contributed by atoms with Crippen LogP contribution in [0.1, 0.15) is 39.5 Å². The van der Waals surface area contributed by atoms with E-state index in [-0.39, 0.29) is 11.2 Å². The lowest BCUT2D eigenvalue weighted by molar-refractivity contribution is -0.134. The third kappa shape index (κ3) is 1.72. The Balaban J connectivity index is 2.85. The standard InChI is InChI=1S/C11H16Cl2O/c1-4-5-10(6-8(2)3)7-9(14)11(10,12)13/h2,4-7H2,1,3H3. The van der Waals surface area contributed by atoms with Crippen molar-refractivity contribution < 1.29 is 4.79 Å². The van der Waals surface area contributed by atoms with Gasteiger partial charge in [0.1, 0.15) is 0 Å². The first-order valence-corrected chi connectivity index (χ1v) is 5.67.